The van der Waals surface area contributed by atoms with Gasteiger partial charge in [0.1, 0.15) is 10.6 Å². The highest BCUT2D eigenvalue weighted by atomic mass is 32.2. The number of nitrogens with one attached hydrogen (secondary N) is 1. The number of carbonyl (C=O) groups excluding carboxylic acids is 1. The van der Waals surface area contributed by atoms with Gasteiger partial charge >= 0.3 is 0 Å². The first-order chi connectivity index (χ1) is 12.4. The topological polar surface area (TPSA) is 61.7 Å². The summed E-state index contributed by atoms with van der Waals surface area (Å²) in [5, 5.41) is 12.4. The molecule has 1 unspecified atom stereocenters. The lowest BCUT2D eigenvalue weighted by Crippen LogP contribution is -2.31. The number of rotatable bonds is 5. The van der Waals surface area contributed by atoms with Gasteiger partial charge in [-0.05, 0) is 49.1 Å². The quantitative estimate of drug-likeness (QED) is 0.844. The molecule has 2 atom stereocenters. The number of thioether (sulfide) groups is 1. The fourth-order valence-corrected chi connectivity index (χ4v) is 3.98. The number of aliphatic hydroxyl groups excluding tert-OH is 1. The van der Waals surface area contributed by atoms with Crippen LogP contribution >= 0.6 is 11.8 Å². The summed E-state index contributed by atoms with van der Waals surface area (Å²) in [4.78, 5) is 17.2. The minimum atomic E-state index is -0.751. The molecule has 4 nitrogen and oxygen atoms in total. The van der Waals surface area contributed by atoms with E-state index in [1.54, 1.807) is 12.1 Å². The van der Waals surface area contributed by atoms with Crippen molar-refractivity contribution in [3.63, 3.8) is 0 Å². The molecule has 1 saturated heterocycles. The summed E-state index contributed by atoms with van der Waals surface area (Å²) in [7, 11) is 0. The van der Waals surface area contributed by atoms with Gasteiger partial charge in [-0.25, -0.2) is 4.39 Å². The maximum Gasteiger partial charge on any atom is 0.246 e. The zero-order chi connectivity index (χ0) is 18.7. The minimum absolute atomic E-state index is 0.101. The van der Waals surface area contributed by atoms with Crippen molar-refractivity contribution in [3.8, 4) is 0 Å². The molecule has 0 bridgehead atoms. The summed E-state index contributed by atoms with van der Waals surface area (Å²) in [6.07, 6.45) is 0.595. The summed E-state index contributed by atoms with van der Waals surface area (Å²) < 4.78 is 12.3. The van der Waals surface area contributed by atoms with Crippen LogP contribution in [0.2, 0.25) is 0 Å². The molecule has 136 valence electrons. The van der Waals surface area contributed by atoms with Gasteiger partial charge in [0.15, 0.2) is 5.17 Å². The van der Waals surface area contributed by atoms with Crippen molar-refractivity contribution in [2.75, 3.05) is 6.61 Å². The lowest BCUT2D eigenvalue weighted by molar-refractivity contribution is -0.121. The minimum Gasteiger partial charge on any atom is -0.396 e. The van der Waals surface area contributed by atoms with Crippen molar-refractivity contribution in [2.45, 2.75) is 31.1 Å². The average Bonchev–Trinajstić information content (AvgIpc) is 2.91. The second-order valence-electron chi connectivity index (χ2n) is 6.42. The Balaban J connectivity index is 1.79. The highest BCUT2D eigenvalue weighted by Crippen LogP contribution is 2.41. The number of nitrogens with zero attached hydrogens (tertiary/aromatic N) is 1. The van der Waals surface area contributed by atoms with E-state index in [0.717, 1.165) is 16.7 Å². The van der Waals surface area contributed by atoms with E-state index in [1.165, 1.54) is 23.9 Å². The van der Waals surface area contributed by atoms with Crippen molar-refractivity contribution in [2.24, 2.45) is 4.99 Å². The Morgan fingerprint density at radius 2 is 1.85 bits per heavy atom. The van der Waals surface area contributed by atoms with Crippen LogP contribution in [0.25, 0.3) is 0 Å². The lowest BCUT2D eigenvalue weighted by atomic mass is 9.97. The maximum atomic E-state index is 13.1. The molecule has 26 heavy (non-hydrogen) atoms. The maximum absolute atomic E-state index is 13.1. The summed E-state index contributed by atoms with van der Waals surface area (Å²) in [6.45, 7) is 3.88. The molecule has 0 spiro atoms. The van der Waals surface area contributed by atoms with E-state index < -0.39 is 4.75 Å². The zero-order valence-corrected chi connectivity index (χ0v) is 15.5. The van der Waals surface area contributed by atoms with Gasteiger partial charge in [0, 0.05) is 6.61 Å². The Hall–Kier alpha value is -2.18. The number of carbonyl (C=O) groups is 1. The largest absolute Gasteiger partial charge is 0.396 e. The first-order valence-electron chi connectivity index (χ1n) is 8.46. The predicted octanol–water partition coefficient (Wildman–Crippen LogP) is 3.56. The number of hydrogen-bond acceptors (Lipinski definition) is 4. The van der Waals surface area contributed by atoms with E-state index in [-0.39, 0.29) is 24.4 Å². The molecule has 0 saturated carbocycles. The number of amides is 1. The molecule has 3 rings (SSSR count). The van der Waals surface area contributed by atoms with E-state index >= 15 is 0 Å². The number of aliphatic hydroxyl groups is 1. The zero-order valence-electron chi connectivity index (χ0n) is 14.7. The van der Waals surface area contributed by atoms with Crippen LogP contribution in [0.3, 0.4) is 0 Å². The van der Waals surface area contributed by atoms with Gasteiger partial charge in [-0.2, -0.15) is 0 Å². The van der Waals surface area contributed by atoms with Gasteiger partial charge in [-0.15, -0.1) is 0 Å². The summed E-state index contributed by atoms with van der Waals surface area (Å²) in [6, 6.07) is 13.7. The third-order valence-corrected chi connectivity index (χ3v) is 5.75. The van der Waals surface area contributed by atoms with E-state index in [2.05, 4.69) is 10.3 Å². The van der Waals surface area contributed by atoms with Crippen LogP contribution in [0, 0.1) is 5.82 Å². The summed E-state index contributed by atoms with van der Waals surface area (Å²) in [5.74, 6) is -0.392. The van der Waals surface area contributed by atoms with E-state index in [4.69, 9.17) is 5.11 Å². The van der Waals surface area contributed by atoms with Crippen molar-refractivity contribution in [1.82, 2.24) is 5.32 Å². The van der Waals surface area contributed by atoms with Crippen molar-refractivity contribution in [1.29, 1.82) is 0 Å². The Bertz CT molecular complexity index is 821. The molecule has 1 fully saturated rings. The van der Waals surface area contributed by atoms with Crippen molar-refractivity contribution in [3.05, 3.63) is 71.0 Å². The van der Waals surface area contributed by atoms with Gasteiger partial charge in [0.25, 0.3) is 0 Å². The van der Waals surface area contributed by atoms with Crippen LogP contribution in [0.4, 0.5) is 4.39 Å². The van der Waals surface area contributed by atoms with Gasteiger partial charge in [-0.1, -0.05) is 48.2 Å². The first kappa shape index (κ1) is 18.6. The summed E-state index contributed by atoms with van der Waals surface area (Å²) >= 11 is 1.39. The number of hydrogen-bond donors (Lipinski definition) is 2. The molecule has 1 aliphatic heterocycles. The fourth-order valence-electron chi connectivity index (χ4n) is 2.84. The van der Waals surface area contributed by atoms with E-state index in [1.807, 2.05) is 38.1 Å². The second-order valence-corrected chi connectivity index (χ2v) is 7.83. The van der Waals surface area contributed by atoms with Crippen LogP contribution in [-0.4, -0.2) is 22.8 Å². The molecule has 1 heterocycles. The Morgan fingerprint density at radius 3 is 2.46 bits per heavy atom. The van der Waals surface area contributed by atoms with Gasteiger partial charge in [0.2, 0.25) is 5.91 Å². The van der Waals surface area contributed by atoms with Crippen LogP contribution in [0.5, 0.6) is 0 Å². The van der Waals surface area contributed by atoms with E-state index in [0.29, 0.717) is 11.6 Å². The molecule has 0 radical (unpaired) electrons. The second kappa shape index (κ2) is 7.60. The molecule has 1 aliphatic rings. The molecule has 0 aromatic heterocycles. The van der Waals surface area contributed by atoms with Crippen molar-refractivity contribution < 1.29 is 14.3 Å². The Morgan fingerprint density at radius 1 is 1.19 bits per heavy atom. The number of halogens is 1. The van der Waals surface area contributed by atoms with Crippen LogP contribution in [-0.2, 0) is 16.0 Å². The van der Waals surface area contributed by atoms with E-state index in [9.17, 15) is 9.18 Å². The molecule has 2 aromatic rings. The first-order valence-corrected chi connectivity index (χ1v) is 9.28. The molecule has 0 aliphatic carbocycles. The normalized spacial score (nSPS) is 22.5. The highest BCUT2D eigenvalue weighted by molar-refractivity contribution is 8.15. The summed E-state index contributed by atoms with van der Waals surface area (Å²) in [5.41, 5.74) is 2.80. The van der Waals surface area contributed by atoms with Crippen molar-refractivity contribution >= 4 is 22.8 Å². The van der Waals surface area contributed by atoms with Crippen LogP contribution in [0.15, 0.2) is 53.5 Å². The smallest absolute Gasteiger partial charge is 0.246 e. The lowest BCUT2D eigenvalue weighted by Gasteiger charge is -2.19. The standard InChI is InChI=1S/C20H21FN2O2S/c1-13(15-5-9-17(21)10-6-15)22-19-23-18(25)20(2,26-19)16-7-3-14(4-8-16)11-12-24/h3-10,13,24H,11-12H2,1-2H3,(H,22,23,25)/t13-,20?/m0/s1. The monoisotopic (exact) mass is 372 g/mol. The predicted molar refractivity (Wildman–Crippen MR) is 103 cm³/mol. The molecule has 2 N–H and O–H groups in total. The fraction of sp³-hybridized carbons (Fsp3) is 0.300. The van der Waals surface area contributed by atoms with Gasteiger partial charge in [0.05, 0.1) is 6.04 Å². The number of amidine groups is 1. The molecule has 6 heteroatoms. The molecular formula is C20H21FN2O2S. The highest BCUT2D eigenvalue weighted by Gasteiger charge is 2.44. The van der Waals surface area contributed by atoms with Gasteiger partial charge < -0.3 is 10.4 Å². The molecule has 1 amide bonds. The third kappa shape index (κ3) is 3.81. The molecule has 2 aromatic carbocycles. The van der Waals surface area contributed by atoms with Gasteiger partial charge in [-0.3, -0.25) is 9.79 Å². The average molecular weight is 372 g/mol. The SMILES string of the molecule is C[C@H](N=C1NC(=O)C(C)(c2ccc(CCO)cc2)S1)c1ccc(F)cc1. The number of aliphatic imine (C=N–C) groups is 1. The Labute approximate surface area is 156 Å². The molecular weight excluding hydrogens is 351 g/mol. The van der Waals surface area contributed by atoms with Crippen LogP contribution in [0.1, 0.15) is 36.6 Å². The number of benzene rings is 2. The third-order valence-electron chi connectivity index (χ3n) is 4.52. The Kier molecular flexibility index (Phi) is 5.44. The van der Waals surface area contributed by atoms with Crippen LogP contribution < -0.4 is 5.32 Å².